The number of aliphatic hydroxyl groups is 1. The van der Waals surface area contributed by atoms with E-state index in [9.17, 15) is 10.1 Å². The van der Waals surface area contributed by atoms with Crippen LogP contribution in [0.2, 0.25) is 0 Å². The molecule has 0 saturated heterocycles. The van der Waals surface area contributed by atoms with Gasteiger partial charge in [-0.3, -0.25) is 10.1 Å². The summed E-state index contributed by atoms with van der Waals surface area (Å²) >= 11 is 0. The SMILES string of the molecule is CC(C)(CO)c1ccc([N+](=O)[O-])o1. The Kier molecular flexibility index (Phi) is 2.38. The molecule has 13 heavy (non-hydrogen) atoms. The van der Waals surface area contributed by atoms with E-state index in [2.05, 4.69) is 0 Å². The third kappa shape index (κ3) is 1.86. The van der Waals surface area contributed by atoms with Gasteiger partial charge in [0.2, 0.25) is 0 Å². The van der Waals surface area contributed by atoms with Crippen LogP contribution in [0.5, 0.6) is 0 Å². The highest BCUT2D eigenvalue weighted by molar-refractivity contribution is 5.22. The molecule has 5 nitrogen and oxygen atoms in total. The van der Waals surface area contributed by atoms with Gasteiger partial charge in [0.1, 0.15) is 10.7 Å². The Morgan fingerprint density at radius 3 is 2.62 bits per heavy atom. The highest BCUT2D eigenvalue weighted by Gasteiger charge is 2.25. The molecular formula is C8H11NO4. The lowest BCUT2D eigenvalue weighted by Gasteiger charge is -2.17. The van der Waals surface area contributed by atoms with Crippen molar-refractivity contribution in [2.75, 3.05) is 6.61 Å². The van der Waals surface area contributed by atoms with Gasteiger partial charge < -0.3 is 9.52 Å². The predicted molar refractivity (Wildman–Crippen MR) is 45.5 cm³/mol. The lowest BCUT2D eigenvalue weighted by Crippen LogP contribution is -2.20. The van der Waals surface area contributed by atoms with Crippen LogP contribution in [0.25, 0.3) is 0 Å². The van der Waals surface area contributed by atoms with Gasteiger partial charge in [-0.05, 0) is 6.07 Å². The molecule has 0 spiro atoms. The zero-order valence-corrected chi connectivity index (χ0v) is 7.48. The standard InChI is InChI=1S/C8H11NO4/c1-8(2,5-10)6-3-4-7(13-6)9(11)12/h3-4,10H,5H2,1-2H3. The second kappa shape index (κ2) is 3.18. The molecule has 0 bridgehead atoms. The molecule has 0 saturated carbocycles. The van der Waals surface area contributed by atoms with E-state index in [0.29, 0.717) is 5.76 Å². The fourth-order valence-corrected chi connectivity index (χ4v) is 0.867. The van der Waals surface area contributed by atoms with Crippen molar-refractivity contribution in [3.8, 4) is 0 Å². The van der Waals surface area contributed by atoms with Gasteiger partial charge in [0.05, 0.1) is 12.7 Å². The van der Waals surface area contributed by atoms with E-state index in [1.807, 2.05) is 0 Å². The summed E-state index contributed by atoms with van der Waals surface area (Å²) in [6.07, 6.45) is 0. The highest BCUT2D eigenvalue weighted by Crippen LogP contribution is 2.27. The van der Waals surface area contributed by atoms with Crippen LogP contribution < -0.4 is 0 Å². The molecule has 1 heterocycles. The predicted octanol–water partition coefficient (Wildman–Crippen LogP) is 1.46. The molecule has 0 radical (unpaired) electrons. The quantitative estimate of drug-likeness (QED) is 0.571. The van der Waals surface area contributed by atoms with Gasteiger partial charge in [0.15, 0.2) is 0 Å². The van der Waals surface area contributed by atoms with Crippen molar-refractivity contribution in [2.45, 2.75) is 19.3 Å². The topological polar surface area (TPSA) is 76.5 Å². The van der Waals surface area contributed by atoms with Gasteiger partial charge in [-0.15, -0.1) is 0 Å². The summed E-state index contributed by atoms with van der Waals surface area (Å²) in [6.45, 7) is 3.38. The lowest BCUT2D eigenvalue weighted by molar-refractivity contribution is -0.402. The summed E-state index contributed by atoms with van der Waals surface area (Å²) in [7, 11) is 0. The number of hydrogen-bond acceptors (Lipinski definition) is 4. The van der Waals surface area contributed by atoms with Gasteiger partial charge in [-0.1, -0.05) is 13.8 Å². The molecular weight excluding hydrogens is 174 g/mol. The Labute approximate surface area is 75.1 Å². The van der Waals surface area contributed by atoms with Crippen LogP contribution in [0.1, 0.15) is 19.6 Å². The van der Waals surface area contributed by atoms with Gasteiger partial charge in [0.25, 0.3) is 0 Å². The maximum atomic E-state index is 10.3. The molecule has 1 N–H and O–H groups in total. The van der Waals surface area contributed by atoms with Crippen LogP contribution in [0, 0.1) is 10.1 Å². The minimum atomic E-state index is -0.600. The molecule has 0 aliphatic heterocycles. The van der Waals surface area contributed by atoms with Gasteiger partial charge in [-0.25, -0.2) is 0 Å². The Balaban J connectivity index is 2.98. The van der Waals surface area contributed by atoms with E-state index in [-0.39, 0.29) is 12.5 Å². The molecule has 0 aliphatic rings. The molecule has 0 aromatic carbocycles. The summed E-state index contributed by atoms with van der Waals surface area (Å²) in [6, 6.07) is 2.79. The first-order valence-electron chi connectivity index (χ1n) is 3.83. The molecule has 1 rings (SSSR count). The van der Waals surface area contributed by atoms with E-state index in [4.69, 9.17) is 9.52 Å². The van der Waals surface area contributed by atoms with Crippen LogP contribution in [-0.4, -0.2) is 16.6 Å². The van der Waals surface area contributed by atoms with Crippen LogP contribution >= 0.6 is 0 Å². The molecule has 1 aromatic heterocycles. The molecule has 0 fully saturated rings. The largest absolute Gasteiger partial charge is 0.433 e. The summed E-state index contributed by atoms with van der Waals surface area (Å²) in [5.74, 6) is 0.123. The molecule has 72 valence electrons. The second-order valence-corrected chi connectivity index (χ2v) is 3.44. The highest BCUT2D eigenvalue weighted by atomic mass is 16.6. The monoisotopic (exact) mass is 185 g/mol. The average molecular weight is 185 g/mol. The van der Waals surface area contributed by atoms with E-state index in [1.54, 1.807) is 13.8 Å². The van der Waals surface area contributed by atoms with Crippen LogP contribution in [-0.2, 0) is 5.41 Å². The van der Waals surface area contributed by atoms with Crippen molar-refractivity contribution < 1.29 is 14.4 Å². The van der Waals surface area contributed by atoms with Gasteiger partial charge in [-0.2, -0.15) is 0 Å². The first kappa shape index (κ1) is 9.73. The Morgan fingerprint density at radius 1 is 1.62 bits per heavy atom. The molecule has 0 amide bonds. The van der Waals surface area contributed by atoms with E-state index >= 15 is 0 Å². The van der Waals surface area contributed by atoms with Crippen molar-refractivity contribution in [1.29, 1.82) is 0 Å². The number of aliphatic hydroxyl groups excluding tert-OH is 1. The summed E-state index contributed by atoms with van der Waals surface area (Å²) in [4.78, 5) is 9.68. The van der Waals surface area contributed by atoms with E-state index < -0.39 is 10.3 Å². The zero-order chi connectivity index (χ0) is 10.1. The van der Waals surface area contributed by atoms with Crippen molar-refractivity contribution >= 4 is 5.88 Å². The molecule has 0 atom stereocenters. The number of rotatable bonds is 3. The fraction of sp³-hybridized carbons (Fsp3) is 0.500. The zero-order valence-electron chi connectivity index (χ0n) is 7.48. The van der Waals surface area contributed by atoms with Crippen molar-refractivity contribution in [3.05, 3.63) is 28.0 Å². The smallest absolute Gasteiger partial charge is 0.405 e. The van der Waals surface area contributed by atoms with Gasteiger partial charge >= 0.3 is 5.88 Å². The minimum absolute atomic E-state index is 0.113. The van der Waals surface area contributed by atoms with E-state index in [1.165, 1.54) is 12.1 Å². The third-order valence-electron chi connectivity index (χ3n) is 1.83. The van der Waals surface area contributed by atoms with Crippen LogP contribution in [0.15, 0.2) is 16.5 Å². The van der Waals surface area contributed by atoms with Crippen molar-refractivity contribution in [3.63, 3.8) is 0 Å². The summed E-state index contributed by atoms with van der Waals surface area (Å²) in [5, 5.41) is 19.2. The number of nitrogens with zero attached hydrogens (tertiary/aromatic N) is 1. The number of nitro groups is 1. The van der Waals surface area contributed by atoms with E-state index in [0.717, 1.165) is 0 Å². The van der Waals surface area contributed by atoms with Gasteiger partial charge in [0, 0.05) is 5.41 Å². The molecule has 1 aromatic rings. The number of furan rings is 1. The minimum Gasteiger partial charge on any atom is -0.405 e. The fourth-order valence-electron chi connectivity index (χ4n) is 0.867. The summed E-state index contributed by atoms with van der Waals surface area (Å²) in [5.41, 5.74) is -0.575. The van der Waals surface area contributed by atoms with Crippen LogP contribution in [0.3, 0.4) is 0 Å². The lowest BCUT2D eigenvalue weighted by atomic mass is 9.92. The number of hydrogen-bond donors (Lipinski definition) is 1. The maximum Gasteiger partial charge on any atom is 0.433 e. The van der Waals surface area contributed by atoms with Crippen molar-refractivity contribution in [1.82, 2.24) is 0 Å². The maximum absolute atomic E-state index is 10.3. The third-order valence-corrected chi connectivity index (χ3v) is 1.83. The second-order valence-electron chi connectivity index (χ2n) is 3.44. The normalized spacial score (nSPS) is 11.6. The molecule has 5 heteroatoms. The Bertz CT molecular complexity index is 316. The molecule has 0 aliphatic carbocycles. The Hall–Kier alpha value is -1.36. The average Bonchev–Trinajstić information content (AvgIpc) is 2.52. The first-order chi connectivity index (χ1) is 5.97. The Morgan fingerprint density at radius 2 is 2.23 bits per heavy atom. The first-order valence-corrected chi connectivity index (χ1v) is 3.83. The van der Waals surface area contributed by atoms with Crippen molar-refractivity contribution in [2.24, 2.45) is 0 Å². The molecule has 0 unspecified atom stereocenters. The summed E-state index contributed by atoms with van der Waals surface area (Å²) < 4.78 is 4.94. The van der Waals surface area contributed by atoms with Crippen LogP contribution in [0.4, 0.5) is 5.88 Å².